The first-order chi connectivity index (χ1) is 11.5. The summed E-state index contributed by atoms with van der Waals surface area (Å²) in [5, 5.41) is 2.99. The summed E-state index contributed by atoms with van der Waals surface area (Å²) in [5.41, 5.74) is 1.69. The molecule has 2 aromatic rings. The summed E-state index contributed by atoms with van der Waals surface area (Å²) in [6.45, 7) is 2.29. The van der Waals surface area contributed by atoms with Gasteiger partial charge in [-0.05, 0) is 37.6 Å². The summed E-state index contributed by atoms with van der Waals surface area (Å²) in [7, 11) is 0. The first-order valence-corrected chi connectivity index (χ1v) is 7.94. The molecule has 1 fully saturated rings. The molecular formula is C17H16ClN3O3. The van der Waals surface area contributed by atoms with Crippen molar-refractivity contribution in [1.82, 2.24) is 4.98 Å². The number of nitrogens with one attached hydrogen (secondary N) is 2. The molecule has 0 aliphatic carbocycles. The first kappa shape index (κ1) is 16.3. The van der Waals surface area contributed by atoms with Gasteiger partial charge in [0.05, 0.1) is 16.3 Å². The number of H-pyrrole nitrogens is 1. The monoisotopic (exact) mass is 345 g/mol. The minimum absolute atomic E-state index is 0.0416. The molecule has 3 rings (SSSR count). The van der Waals surface area contributed by atoms with Crippen LogP contribution in [0.3, 0.4) is 0 Å². The highest BCUT2D eigenvalue weighted by Gasteiger charge is 2.23. The molecule has 7 heteroatoms. The van der Waals surface area contributed by atoms with Gasteiger partial charge in [0.1, 0.15) is 0 Å². The zero-order chi connectivity index (χ0) is 17.3. The van der Waals surface area contributed by atoms with Crippen molar-refractivity contribution in [2.45, 2.75) is 19.8 Å². The number of hydrogen-bond donors (Lipinski definition) is 2. The van der Waals surface area contributed by atoms with E-state index in [2.05, 4.69) is 10.3 Å². The molecule has 1 aromatic heterocycles. The topological polar surface area (TPSA) is 82.3 Å². The van der Waals surface area contributed by atoms with E-state index in [1.54, 1.807) is 36.1 Å². The van der Waals surface area contributed by atoms with E-state index < -0.39 is 5.91 Å². The maximum absolute atomic E-state index is 12.5. The molecule has 0 radical (unpaired) electrons. The number of aryl methyl sites for hydroxylation is 1. The van der Waals surface area contributed by atoms with Gasteiger partial charge in [0.2, 0.25) is 5.91 Å². The quantitative estimate of drug-likeness (QED) is 0.897. The van der Waals surface area contributed by atoms with Crippen molar-refractivity contribution in [3.8, 4) is 0 Å². The highest BCUT2D eigenvalue weighted by Crippen LogP contribution is 2.27. The number of pyridine rings is 1. The van der Waals surface area contributed by atoms with Gasteiger partial charge in [-0.1, -0.05) is 11.6 Å². The van der Waals surface area contributed by atoms with Gasteiger partial charge in [0.15, 0.2) is 0 Å². The van der Waals surface area contributed by atoms with Crippen LogP contribution in [0.5, 0.6) is 0 Å². The fraction of sp³-hybridized carbons (Fsp3) is 0.235. The third-order valence-electron chi connectivity index (χ3n) is 3.93. The number of nitrogens with zero attached hydrogens (tertiary/aromatic N) is 1. The third kappa shape index (κ3) is 3.19. The van der Waals surface area contributed by atoms with Crippen molar-refractivity contribution in [2.75, 3.05) is 16.8 Å². The standard InChI is InChI=1S/C17H16ClN3O3/c1-10-7-11(9-19-16(10)23)20-17(24)13-8-12(4-5-14(13)18)21-6-2-3-15(21)22/h4-5,7-9H,2-3,6H2,1H3,(H,19,23)(H,20,24). The highest BCUT2D eigenvalue weighted by molar-refractivity contribution is 6.34. The molecule has 124 valence electrons. The summed E-state index contributed by atoms with van der Waals surface area (Å²) < 4.78 is 0. The number of aromatic nitrogens is 1. The zero-order valence-electron chi connectivity index (χ0n) is 13.1. The van der Waals surface area contributed by atoms with Crippen LogP contribution in [0.1, 0.15) is 28.8 Å². The van der Waals surface area contributed by atoms with Gasteiger partial charge in [-0.3, -0.25) is 14.4 Å². The second kappa shape index (κ2) is 6.49. The maximum atomic E-state index is 12.5. The van der Waals surface area contributed by atoms with Crippen LogP contribution in [0.2, 0.25) is 5.02 Å². The molecule has 0 unspecified atom stereocenters. The van der Waals surface area contributed by atoms with Crippen molar-refractivity contribution in [3.63, 3.8) is 0 Å². The Kier molecular flexibility index (Phi) is 4.40. The van der Waals surface area contributed by atoms with Crippen LogP contribution in [-0.2, 0) is 4.79 Å². The number of benzene rings is 1. The minimum atomic E-state index is -0.403. The molecule has 0 spiro atoms. The number of carbonyl (C=O) groups excluding carboxylic acids is 2. The average molecular weight is 346 g/mol. The molecule has 2 amide bonds. The van der Waals surface area contributed by atoms with Gasteiger partial charge >= 0.3 is 0 Å². The Labute approximate surface area is 143 Å². The third-order valence-corrected chi connectivity index (χ3v) is 4.26. The van der Waals surface area contributed by atoms with Gasteiger partial charge in [0, 0.05) is 30.4 Å². The first-order valence-electron chi connectivity index (χ1n) is 7.56. The predicted octanol–water partition coefficient (Wildman–Crippen LogP) is 2.72. The normalized spacial score (nSPS) is 14.1. The molecule has 24 heavy (non-hydrogen) atoms. The van der Waals surface area contributed by atoms with Crippen LogP contribution in [0.25, 0.3) is 0 Å². The molecule has 1 aliphatic heterocycles. The van der Waals surface area contributed by atoms with Crippen LogP contribution >= 0.6 is 11.6 Å². The fourth-order valence-corrected chi connectivity index (χ4v) is 2.85. The lowest BCUT2D eigenvalue weighted by molar-refractivity contribution is -0.117. The van der Waals surface area contributed by atoms with Gasteiger partial charge in [-0.25, -0.2) is 0 Å². The van der Waals surface area contributed by atoms with E-state index in [-0.39, 0.29) is 17.0 Å². The Hall–Kier alpha value is -2.60. The summed E-state index contributed by atoms with van der Waals surface area (Å²) in [6.07, 6.45) is 2.75. The summed E-state index contributed by atoms with van der Waals surface area (Å²) in [4.78, 5) is 39.9. The van der Waals surface area contributed by atoms with Gasteiger partial charge in [-0.2, -0.15) is 0 Å². The molecular weight excluding hydrogens is 330 g/mol. The summed E-state index contributed by atoms with van der Waals surface area (Å²) >= 11 is 6.13. The van der Waals surface area contributed by atoms with Crippen LogP contribution < -0.4 is 15.8 Å². The molecule has 2 heterocycles. The molecule has 6 nitrogen and oxygen atoms in total. The minimum Gasteiger partial charge on any atom is -0.327 e. The average Bonchev–Trinajstić information content (AvgIpc) is 2.97. The molecule has 1 aromatic carbocycles. The fourth-order valence-electron chi connectivity index (χ4n) is 2.64. The number of carbonyl (C=O) groups is 2. The zero-order valence-corrected chi connectivity index (χ0v) is 13.8. The highest BCUT2D eigenvalue weighted by atomic mass is 35.5. The van der Waals surface area contributed by atoms with Gasteiger partial charge < -0.3 is 15.2 Å². The lowest BCUT2D eigenvalue weighted by Gasteiger charge is -2.17. The van der Waals surface area contributed by atoms with Crippen molar-refractivity contribution in [3.05, 3.63) is 57.0 Å². The van der Waals surface area contributed by atoms with Gasteiger partial charge in [0.25, 0.3) is 11.5 Å². The molecule has 0 bridgehead atoms. The number of amides is 2. The molecule has 0 saturated carbocycles. The van der Waals surface area contributed by atoms with Gasteiger partial charge in [-0.15, -0.1) is 0 Å². The Bertz CT molecular complexity index is 876. The molecule has 2 N–H and O–H groups in total. The van der Waals surface area contributed by atoms with Crippen LogP contribution in [-0.4, -0.2) is 23.3 Å². The number of hydrogen-bond acceptors (Lipinski definition) is 3. The Balaban J connectivity index is 1.87. The lowest BCUT2D eigenvalue weighted by atomic mass is 10.1. The van der Waals surface area contributed by atoms with Crippen LogP contribution in [0.15, 0.2) is 35.3 Å². The Morgan fingerprint density at radius 2 is 2.08 bits per heavy atom. The van der Waals surface area contributed by atoms with E-state index >= 15 is 0 Å². The molecule has 1 saturated heterocycles. The molecule has 1 aliphatic rings. The smallest absolute Gasteiger partial charge is 0.257 e. The van der Waals surface area contributed by atoms with Crippen molar-refractivity contribution < 1.29 is 9.59 Å². The Morgan fingerprint density at radius 1 is 1.29 bits per heavy atom. The Morgan fingerprint density at radius 3 is 2.75 bits per heavy atom. The number of anilines is 2. The largest absolute Gasteiger partial charge is 0.327 e. The summed E-state index contributed by atoms with van der Waals surface area (Å²) in [5.74, 6) is -0.361. The van der Waals surface area contributed by atoms with E-state index in [9.17, 15) is 14.4 Å². The van der Waals surface area contributed by atoms with E-state index in [1.165, 1.54) is 6.20 Å². The van der Waals surface area contributed by atoms with Crippen molar-refractivity contribution in [1.29, 1.82) is 0 Å². The second-order valence-corrected chi connectivity index (χ2v) is 6.07. The summed E-state index contributed by atoms with van der Waals surface area (Å²) in [6, 6.07) is 6.53. The van der Waals surface area contributed by atoms with E-state index in [4.69, 9.17) is 11.6 Å². The van der Waals surface area contributed by atoms with E-state index in [0.29, 0.717) is 34.9 Å². The molecule has 0 atom stereocenters. The van der Waals surface area contributed by atoms with Crippen LogP contribution in [0.4, 0.5) is 11.4 Å². The number of aromatic amines is 1. The number of halogens is 1. The van der Waals surface area contributed by atoms with E-state index in [1.807, 2.05) is 0 Å². The number of rotatable bonds is 3. The van der Waals surface area contributed by atoms with E-state index in [0.717, 1.165) is 6.42 Å². The van der Waals surface area contributed by atoms with Crippen molar-refractivity contribution >= 4 is 34.8 Å². The maximum Gasteiger partial charge on any atom is 0.257 e. The van der Waals surface area contributed by atoms with Crippen LogP contribution in [0, 0.1) is 6.92 Å². The second-order valence-electron chi connectivity index (χ2n) is 5.67. The SMILES string of the molecule is Cc1cc(NC(=O)c2cc(N3CCCC3=O)ccc2Cl)c[nH]c1=O. The predicted molar refractivity (Wildman–Crippen MR) is 92.8 cm³/mol. The lowest BCUT2D eigenvalue weighted by Crippen LogP contribution is -2.24. The van der Waals surface area contributed by atoms with Crippen molar-refractivity contribution in [2.24, 2.45) is 0 Å².